The van der Waals surface area contributed by atoms with Gasteiger partial charge < -0.3 is 10.2 Å². The van der Waals surface area contributed by atoms with Gasteiger partial charge in [-0.05, 0) is 51.4 Å². The van der Waals surface area contributed by atoms with Gasteiger partial charge in [-0.2, -0.15) is 0 Å². The molecular weight excluding hydrogens is 404 g/mol. The van der Waals surface area contributed by atoms with Crippen molar-refractivity contribution < 1.29 is 10.2 Å². The summed E-state index contributed by atoms with van der Waals surface area (Å²) in [7, 11) is 0. The molecule has 5 aromatic rings. The second kappa shape index (κ2) is 7.68. The minimum absolute atomic E-state index is 0.0998. The molecule has 2 nitrogen and oxygen atoms in total. The summed E-state index contributed by atoms with van der Waals surface area (Å²) in [5, 5.41) is 23.1. The van der Waals surface area contributed by atoms with Gasteiger partial charge >= 0.3 is 0 Å². The molecular formula is C31H22O2. The highest BCUT2D eigenvalue weighted by Crippen LogP contribution is 2.52. The van der Waals surface area contributed by atoms with Crippen LogP contribution in [-0.2, 0) is 6.42 Å². The topological polar surface area (TPSA) is 40.5 Å². The van der Waals surface area contributed by atoms with Gasteiger partial charge in [0.2, 0.25) is 0 Å². The van der Waals surface area contributed by atoms with Crippen molar-refractivity contribution in [1.29, 1.82) is 0 Å². The van der Waals surface area contributed by atoms with Gasteiger partial charge in [0, 0.05) is 11.1 Å². The predicted molar refractivity (Wildman–Crippen MR) is 134 cm³/mol. The molecule has 0 heterocycles. The third-order valence-electron chi connectivity index (χ3n) is 6.56. The van der Waals surface area contributed by atoms with Crippen LogP contribution in [0.15, 0.2) is 109 Å². The fourth-order valence-electron chi connectivity index (χ4n) is 4.98. The van der Waals surface area contributed by atoms with Crippen molar-refractivity contribution in [3.63, 3.8) is 0 Å². The Morgan fingerprint density at radius 3 is 1.61 bits per heavy atom. The quantitative estimate of drug-likeness (QED) is 0.305. The number of hydrogen-bond donors (Lipinski definition) is 2. The maximum atomic E-state index is 11.5. The lowest BCUT2D eigenvalue weighted by Gasteiger charge is -2.19. The summed E-state index contributed by atoms with van der Waals surface area (Å²) in [5.41, 5.74) is 9.35. The summed E-state index contributed by atoms with van der Waals surface area (Å²) in [6.45, 7) is 0. The molecule has 2 heteroatoms. The molecule has 0 saturated heterocycles. The van der Waals surface area contributed by atoms with E-state index in [-0.39, 0.29) is 11.5 Å². The number of hydrogen-bond acceptors (Lipinski definition) is 2. The number of aromatic hydroxyl groups is 2. The van der Waals surface area contributed by atoms with Crippen LogP contribution in [0.5, 0.6) is 11.5 Å². The summed E-state index contributed by atoms with van der Waals surface area (Å²) in [4.78, 5) is 0. The fourth-order valence-corrected chi connectivity index (χ4v) is 4.98. The highest BCUT2D eigenvalue weighted by atomic mass is 16.3. The third-order valence-corrected chi connectivity index (χ3v) is 6.56. The van der Waals surface area contributed by atoms with Crippen molar-refractivity contribution in [3.8, 4) is 56.0 Å². The van der Waals surface area contributed by atoms with Crippen molar-refractivity contribution in [3.05, 3.63) is 120 Å². The molecule has 0 unspecified atom stereocenters. The Bertz CT molecular complexity index is 1420. The first-order valence-electron chi connectivity index (χ1n) is 11.1. The Kier molecular flexibility index (Phi) is 4.51. The monoisotopic (exact) mass is 426 g/mol. The average Bonchev–Trinajstić information content (AvgIpc) is 3.25. The number of fused-ring (bicyclic) bond motifs is 3. The largest absolute Gasteiger partial charge is 0.507 e. The molecule has 0 spiro atoms. The van der Waals surface area contributed by atoms with E-state index in [9.17, 15) is 10.2 Å². The molecule has 0 radical (unpaired) electrons. The number of phenols is 2. The normalized spacial score (nSPS) is 11.8. The maximum absolute atomic E-state index is 11.5. The molecule has 1 aliphatic rings. The molecule has 158 valence electrons. The van der Waals surface area contributed by atoms with Crippen LogP contribution in [0, 0.1) is 0 Å². The molecule has 1 aliphatic carbocycles. The molecule has 0 saturated carbocycles. The molecule has 0 bridgehead atoms. The maximum Gasteiger partial charge on any atom is 0.135 e. The molecule has 2 N–H and O–H groups in total. The van der Waals surface area contributed by atoms with E-state index in [1.807, 2.05) is 78.9 Å². The Morgan fingerprint density at radius 2 is 0.970 bits per heavy atom. The molecule has 6 rings (SSSR count). The van der Waals surface area contributed by atoms with Gasteiger partial charge in [0.05, 0.1) is 5.56 Å². The molecule has 0 fully saturated rings. The van der Waals surface area contributed by atoms with Crippen molar-refractivity contribution in [2.45, 2.75) is 6.42 Å². The minimum atomic E-state index is 0.0998. The van der Waals surface area contributed by atoms with Crippen LogP contribution in [0.25, 0.3) is 44.5 Å². The molecule has 0 aliphatic heterocycles. The smallest absolute Gasteiger partial charge is 0.135 e. The molecule has 0 aromatic heterocycles. The second-order valence-electron chi connectivity index (χ2n) is 8.44. The average molecular weight is 427 g/mol. The first kappa shape index (κ1) is 19.4. The van der Waals surface area contributed by atoms with Gasteiger partial charge in [-0.3, -0.25) is 0 Å². The third kappa shape index (κ3) is 3.11. The first-order chi connectivity index (χ1) is 16.2. The number of benzene rings is 5. The van der Waals surface area contributed by atoms with Crippen LogP contribution in [0.4, 0.5) is 0 Å². The Hall–Kier alpha value is -4.30. The van der Waals surface area contributed by atoms with Crippen LogP contribution in [0.1, 0.15) is 11.1 Å². The Labute approximate surface area is 193 Å². The predicted octanol–water partition coefficient (Wildman–Crippen LogP) is 7.67. The zero-order valence-electron chi connectivity index (χ0n) is 18.0. The SMILES string of the molecule is Oc1c(-c2ccccc2)cc(-c2ccccc2)c(O)c1-c1cccc2c1Cc1ccccc1-2. The van der Waals surface area contributed by atoms with Gasteiger partial charge in [-0.25, -0.2) is 0 Å². The number of rotatable bonds is 3. The molecule has 0 atom stereocenters. The lowest BCUT2D eigenvalue weighted by Crippen LogP contribution is -1.93. The van der Waals surface area contributed by atoms with Gasteiger partial charge in [0.25, 0.3) is 0 Å². The minimum Gasteiger partial charge on any atom is -0.507 e. The van der Waals surface area contributed by atoms with Crippen LogP contribution >= 0.6 is 0 Å². The van der Waals surface area contributed by atoms with Crippen molar-refractivity contribution >= 4 is 0 Å². The van der Waals surface area contributed by atoms with Crippen molar-refractivity contribution in [2.24, 2.45) is 0 Å². The van der Waals surface area contributed by atoms with E-state index in [1.54, 1.807) is 0 Å². The Morgan fingerprint density at radius 1 is 0.455 bits per heavy atom. The zero-order valence-corrected chi connectivity index (χ0v) is 18.0. The summed E-state index contributed by atoms with van der Waals surface area (Å²) in [5.74, 6) is 0.200. The van der Waals surface area contributed by atoms with E-state index in [0.29, 0.717) is 16.7 Å². The number of phenolic OH excluding ortho intramolecular Hbond substituents is 2. The van der Waals surface area contributed by atoms with Crippen LogP contribution < -0.4 is 0 Å². The fraction of sp³-hybridized carbons (Fsp3) is 0.0323. The van der Waals surface area contributed by atoms with Gasteiger partial charge in [-0.1, -0.05) is 103 Å². The van der Waals surface area contributed by atoms with E-state index in [2.05, 4.69) is 30.3 Å². The second-order valence-corrected chi connectivity index (χ2v) is 8.44. The summed E-state index contributed by atoms with van der Waals surface area (Å²) in [6, 6.07) is 36.1. The molecule has 0 amide bonds. The van der Waals surface area contributed by atoms with Gasteiger partial charge in [-0.15, -0.1) is 0 Å². The lowest BCUT2D eigenvalue weighted by atomic mass is 9.88. The zero-order chi connectivity index (χ0) is 22.4. The van der Waals surface area contributed by atoms with Gasteiger partial charge in [0.1, 0.15) is 11.5 Å². The van der Waals surface area contributed by atoms with Crippen LogP contribution in [-0.4, -0.2) is 10.2 Å². The lowest BCUT2D eigenvalue weighted by molar-refractivity contribution is 0.456. The van der Waals surface area contributed by atoms with Crippen molar-refractivity contribution in [2.75, 3.05) is 0 Å². The standard InChI is InChI=1S/C31H22O2/c32-30-26(20-10-3-1-4-11-20)19-27(21-12-5-2-6-13-21)31(33)29(30)25-17-9-16-24-23-15-8-7-14-22(23)18-28(24)25/h1-17,19,32-33H,18H2. The van der Waals surface area contributed by atoms with Crippen LogP contribution in [0.3, 0.4) is 0 Å². The van der Waals surface area contributed by atoms with Gasteiger partial charge in [0.15, 0.2) is 0 Å². The van der Waals surface area contributed by atoms with Crippen LogP contribution in [0.2, 0.25) is 0 Å². The summed E-state index contributed by atoms with van der Waals surface area (Å²) < 4.78 is 0. The van der Waals surface area contributed by atoms with Crippen molar-refractivity contribution in [1.82, 2.24) is 0 Å². The first-order valence-corrected chi connectivity index (χ1v) is 11.1. The van der Waals surface area contributed by atoms with E-state index < -0.39 is 0 Å². The summed E-state index contributed by atoms with van der Waals surface area (Å²) in [6.07, 6.45) is 0.775. The highest BCUT2D eigenvalue weighted by Gasteiger charge is 2.26. The van der Waals surface area contributed by atoms with E-state index in [0.717, 1.165) is 34.2 Å². The molecule has 5 aromatic carbocycles. The summed E-state index contributed by atoms with van der Waals surface area (Å²) >= 11 is 0. The highest BCUT2D eigenvalue weighted by molar-refractivity contribution is 5.96. The van der Waals surface area contributed by atoms with E-state index >= 15 is 0 Å². The van der Waals surface area contributed by atoms with E-state index in [1.165, 1.54) is 11.1 Å². The van der Waals surface area contributed by atoms with E-state index in [4.69, 9.17) is 0 Å². The molecule has 33 heavy (non-hydrogen) atoms. The Balaban J connectivity index is 1.66.